The van der Waals surface area contributed by atoms with Crippen LogP contribution in [0.15, 0.2) is 0 Å². The Balaban J connectivity index is 3.43. The molecule has 0 saturated heterocycles. The zero-order valence-corrected chi connectivity index (χ0v) is 6.36. The zero-order valence-electron chi connectivity index (χ0n) is 6.36. The maximum Gasteiger partial charge on any atom is 0.428 e. The van der Waals surface area contributed by atoms with Crippen molar-refractivity contribution in [1.82, 2.24) is 10.5 Å². The Morgan fingerprint density at radius 3 is 2.82 bits per heavy atom. The molecule has 0 unspecified atom stereocenters. The summed E-state index contributed by atoms with van der Waals surface area (Å²) in [6, 6.07) is 0. The van der Waals surface area contributed by atoms with Crippen LogP contribution in [0.25, 0.3) is 0 Å². The van der Waals surface area contributed by atoms with Crippen LogP contribution < -0.4 is 5.32 Å². The SMILES string of the molecule is CON(C)OC(=O)NCC=O. The van der Waals surface area contributed by atoms with E-state index in [9.17, 15) is 9.59 Å². The molecule has 6 heteroatoms. The molecule has 0 aliphatic heterocycles. The van der Waals surface area contributed by atoms with Crippen LogP contribution in [0, 0.1) is 0 Å². The predicted molar refractivity (Wildman–Crippen MR) is 35.3 cm³/mol. The molecule has 0 aromatic rings. The van der Waals surface area contributed by atoms with Crippen molar-refractivity contribution in [2.45, 2.75) is 0 Å². The van der Waals surface area contributed by atoms with E-state index in [2.05, 4.69) is 15.0 Å². The highest BCUT2D eigenvalue weighted by atomic mass is 17.0. The summed E-state index contributed by atoms with van der Waals surface area (Å²) in [5, 5.41) is 3.01. The molecule has 0 aliphatic carbocycles. The minimum Gasteiger partial charge on any atom is -0.325 e. The monoisotopic (exact) mass is 162 g/mol. The van der Waals surface area contributed by atoms with E-state index >= 15 is 0 Å². The van der Waals surface area contributed by atoms with Gasteiger partial charge in [-0.15, -0.1) is 0 Å². The van der Waals surface area contributed by atoms with Gasteiger partial charge in [0.2, 0.25) is 0 Å². The fourth-order valence-electron chi connectivity index (χ4n) is 0.311. The second kappa shape index (κ2) is 5.63. The van der Waals surface area contributed by atoms with E-state index in [1.807, 2.05) is 0 Å². The molecule has 0 heterocycles. The Bertz CT molecular complexity index is 138. The van der Waals surface area contributed by atoms with Crippen LogP contribution >= 0.6 is 0 Å². The summed E-state index contributed by atoms with van der Waals surface area (Å²) in [7, 11) is 2.74. The van der Waals surface area contributed by atoms with Gasteiger partial charge in [-0.1, -0.05) is 0 Å². The lowest BCUT2D eigenvalue weighted by atomic mass is 10.7. The number of aldehydes is 1. The van der Waals surface area contributed by atoms with Crippen LogP contribution in [0.1, 0.15) is 0 Å². The number of carbonyl (C=O) groups is 2. The molecule has 0 atom stereocenters. The Labute approximate surface area is 64.0 Å². The Morgan fingerprint density at radius 1 is 1.73 bits per heavy atom. The van der Waals surface area contributed by atoms with Gasteiger partial charge in [0.15, 0.2) is 0 Å². The molecule has 6 nitrogen and oxygen atoms in total. The quantitative estimate of drug-likeness (QED) is 0.438. The lowest BCUT2D eigenvalue weighted by molar-refractivity contribution is -0.302. The van der Waals surface area contributed by atoms with E-state index in [0.717, 1.165) is 5.23 Å². The van der Waals surface area contributed by atoms with Gasteiger partial charge < -0.3 is 14.9 Å². The van der Waals surface area contributed by atoms with Gasteiger partial charge in [-0.05, 0) is 5.23 Å². The summed E-state index contributed by atoms with van der Waals surface area (Å²) in [6.45, 7) is -0.0730. The Morgan fingerprint density at radius 2 is 2.36 bits per heavy atom. The number of carbonyl (C=O) groups excluding carboxylic acids is 2. The second-order valence-corrected chi connectivity index (χ2v) is 1.55. The zero-order chi connectivity index (χ0) is 8.69. The predicted octanol–water partition coefficient (Wildman–Crippen LogP) is -0.680. The lowest BCUT2D eigenvalue weighted by Gasteiger charge is -2.11. The largest absolute Gasteiger partial charge is 0.428 e. The standard InChI is InChI=1S/C5H10N2O4/c1-7(10-2)11-5(9)6-3-4-8/h4H,3H2,1-2H3,(H,6,9). The summed E-state index contributed by atoms with van der Waals surface area (Å²) < 4.78 is 0. The van der Waals surface area contributed by atoms with Gasteiger partial charge in [0.05, 0.1) is 20.7 Å². The first-order chi connectivity index (χ1) is 5.20. The minimum atomic E-state index is -0.735. The molecule has 1 N–H and O–H groups in total. The number of hydroxylamine groups is 2. The Kier molecular flexibility index (Phi) is 5.05. The van der Waals surface area contributed by atoms with Crippen LogP contribution in [-0.4, -0.2) is 38.3 Å². The van der Waals surface area contributed by atoms with Gasteiger partial charge in [0.25, 0.3) is 0 Å². The van der Waals surface area contributed by atoms with Gasteiger partial charge in [0, 0.05) is 0 Å². The molecular formula is C5H10N2O4. The molecule has 11 heavy (non-hydrogen) atoms. The number of nitrogens with one attached hydrogen (secondary N) is 1. The molecule has 0 aromatic carbocycles. The first-order valence-electron chi connectivity index (χ1n) is 2.88. The number of hydrogen-bond donors (Lipinski definition) is 1. The number of hydrogen-bond acceptors (Lipinski definition) is 5. The van der Waals surface area contributed by atoms with Crippen LogP contribution in [0.3, 0.4) is 0 Å². The van der Waals surface area contributed by atoms with Gasteiger partial charge in [0.1, 0.15) is 6.29 Å². The van der Waals surface area contributed by atoms with Crippen molar-refractivity contribution in [1.29, 1.82) is 0 Å². The smallest absolute Gasteiger partial charge is 0.325 e. The molecule has 0 rings (SSSR count). The average molecular weight is 162 g/mol. The van der Waals surface area contributed by atoms with Crippen LogP contribution in [0.5, 0.6) is 0 Å². The van der Waals surface area contributed by atoms with E-state index in [-0.39, 0.29) is 6.54 Å². The third kappa shape index (κ3) is 5.31. The van der Waals surface area contributed by atoms with Crippen LogP contribution in [-0.2, 0) is 14.5 Å². The molecule has 0 aliphatic rings. The first-order valence-corrected chi connectivity index (χ1v) is 2.88. The van der Waals surface area contributed by atoms with Crippen molar-refractivity contribution >= 4 is 12.4 Å². The highest BCUT2D eigenvalue weighted by molar-refractivity contribution is 5.70. The van der Waals surface area contributed by atoms with Crippen molar-refractivity contribution in [3.63, 3.8) is 0 Å². The molecule has 0 saturated carbocycles. The highest BCUT2D eigenvalue weighted by Gasteiger charge is 2.03. The molecule has 0 radical (unpaired) electrons. The molecule has 0 bridgehead atoms. The molecule has 0 fully saturated rings. The summed E-state index contributed by atoms with van der Waals surface area (Å²) >= 11 is 0. The van der Waals surface area contributed by atoms with Crippen molar-refractivity contribution in [3.8, 4) is 0 Å². The molecular weight excluding hydrogens is 152 g/mol. The van der Waals surface area contributed by atoms with Crippen molar-refractivity contribution in [2.75, 3.05) is 20.7 Å². The van der Waals surface area contributed by atoms with Crippen LogP contribution in [0.2, 0.25) is 0 Å². The van der Waals surface area contributed by atoms with Gasteiger partial charge in [-0.25, -0.2) is 4.79 Å². The van der Waals surface area contributed by atoms with Gasteiger partial charge >= 0.3 is 6.09 Å². The maximum absolute atomic E-state index is 10.6. The van der Waals surface area contributed by atoms with E-state index < -0.39 is 6.09 Å². The maximum atomic E-state index is 10.6. The Hall–Kier alpha value is -1.14. The molecule has 1 amide bonds. The van der Waals surface area contributed by atoms with Gasteiger partial charge in [-0.2, -0.15) is 0 Å². The molecule has 64 valence electrons. The van der Waals surface area contributed by atoms with Crippen molar-refractivity contribution < 1.29 is 19.3 Å². The second-order valence-electron chi connectivity index (χ2n) is 1.55. The van der Waals surface area contributed by atoms with E-state index in [1.54, 1.807) is 0 Å². The third-order valence-electron chi connectivity index (χ3n) is 0.798. The van der Waals surface area contributed by atoms with E-state index in [1.165, 1.54) is 14.2 Å². The average Bonchev–Trinajstić information content (AvgIpc) is 2.00. The van der Waals surface area contributed by atoms with Gasteiger partial charge in [-0.3, -0.25) is 4.84 Å². The normalized spacial score (nSPS) is 9.36. The molecule has 0 spiro atoms. The van der Waals surface area contributed by atoms with Crippen LogP contribution in [0.4, 0.5) is 4.79 Å². The number of amides is 1. The fraction of sp³-hybridized carbons (Fsp3) is 0.600. The summed E-state index contributed by atoms with van der Waals surface area (Å²) in [6.07, 6.45) is -0.185. The fourth-order valence-corrected chi connectivity index (χ4v) is 0.311. The molecule has 0 aromatic heterocycles. The summed E-state index contributed by atoms with van der Waals surface area (Å²) in [4.78, 5) is 29.2. The lowest BCUT2D eigenvalue weighted by Crippen LogP contribution is -2.32. The minimum absolute atomic E-state index is 0.0730. The third-order valence-corrected chi connectivity index (χ3v) is 0.798. The van der Waals surface area contributed by atoms with Crippen molar-refractivity contribution in [2.24, 2.45) is 0 Å². The summed E-state index contributed by atoms with van der Waals surface area (Å²) in [5.74, 6) is 0. The first kappa shape index (κ1) is 9.86. The highest BCUT2D eigenvalue weighted by Crippen LogP contribution is 1.83. The number of nitrogens with zero attached hydrogens (tertiary/aromatic N) is 1. The van der Waals surface area contributed by atoms with E-state index in [4.69, 9.17) is 0 Å². The van der Waals surface area contributed by atoms with Crippen molar-refractivity contribution in [3.05, 3.63) is 0 Å². The van der Waals surface area contributed by atoms with E-state index in [0.29, 0.717) is 6.29 Å². The topological polar surface area (TPSA) is 67.9 Å². The number of rotatable bonds is 4. The summed E-state index contributed by atoms with van der Waals surface area (Å²) in [5.41, 5.74) is 0.